The molecule has 0 unspecified atom stereocenters. The summed E-state index contributed by atoms with van der Waals surface area (Å²) in [5, 5.41) is 4.63. The smallest absolute Gasteiger partial charge is 0.164 e. The molecule has 0 bridgehead atoms. The monoisotopic (exact) mass is 716 g/mol. The zero-order chi connectivity index (χ0) is 37.0. The summed E-state index contributed by atoms with van der Waals surface area (Å²) < 4.78 is 4.48. The summed E-state index contributed by atoms with van der Waals surface area (Å²) in [4.78, 5) is 19.7. The van der Waals surface area contributed by atoms with Gasteiger partial charge in [-0.15, -0.1) is 0 Å². The molecule has 0 aliphatic rings. The predicted octanol–water partition coefficient (Wildman–Crippen LogP) is 12.1. The number of para-hydroxylation sites is 4. The molecular weight excluding hydrogens is 685 g/mol. The first-order chi connectivity index (χ1) is 27.8. The number of imidazole rings is 2. The average Bonchev–Trinajstić information content (AvgIpc) is 3.86. The summed E-state index contributed by atoms with van der Waals surface area (Å²) in [7, 11) is 0. The van der Waals surface area contributed by atoms with Crippen molar-refractivity contribution in [3.05, 3.63) is 194 Å². The van der Waals surface area contributed by atoms with E-state index in [0.29, 0.717) is 0 Å². The lowest BCUT2D eigenvalue weighted by molar-refractivity contribution is 1.08. The SMILES string of the molecule is c1ccc(-c2c3ccc(-n4c(-c5ccccn5)nc5ccccc54)cc3c(-c3ccccc3)c3ccc(-n4c(-c5ccccn5)nc5ccccc54)cc23)cc1. The van der Waals surface area contributed by atoms with Crippen LogP contribution in [0.5, 0.6) is 0 Å². The normalized spacial score (nSPS) is 11.6. The Bertz CT molecular complexity index is 3000. The fraction of sp³-hybridized carbons (Fsp3) is 0. The van der Waals surface area contributed by atoms with Gasteiger partial charge in [0.15, 0.2) is 11.6 Å². The highest BCUT2D eigenvalue weighted by Gasteiger charge is 2.22. The van der Waals surface area contributed by atoms with Crippen molar-refractivity contribution in [2.75, 3.05) is 0 Å². The maximum atomic E-state index is 5.11. The lowest BCUT2D eigenvalue weighted by atomic mass is 9.85. The van der Waals surface area contributed by atoms with Crippen LogP contribution in [0.25, 0.3) is 100 Å². The molecule has 6 nitrogen and oxygen atoms in total. The summed E-state index contributed by atoms with van der Waals surface area (Å²) >= 11 is 0. The second-order valence-corrected chi connectivity index (χ2v) is 13.9. The molecule has 0 radical (unpaired) electrons. The van der Waals surface area contributed by atoms with Crippen molar-refractivity contribution in [1.29, 1.82) is 0 Å². The summed E-state index contributed by atoms with van der Waals surface area (Å²) in [5.41, 5.74) is 12.2. The first kappa shape index (κ1) is 31.8. The highest BCUT2D eigenvalue weighted by molar-refractivity contribution is 6.22. The van der Waals surface area contributed by atoms with E-state index >= 15 is 0 Å². The van der Waals surface area contributed by atoms with Crippen molar-refractivity contribution >= 4 is 43.6 Å². The standard InChI is InChI=1S/C50H32N6/c1-3-15-33(16-4-1)47-37-27-25-36(56-46-24-10-8-20-42(46)54-50(56)44-22-12-14-30-52-44)32-40(37)48(34-17-5-2-6-18-34)38-28-26-35(31-39(38)47)55-45-23-9-7-19-41(45)53-49(55)43-21-11-13-29-51-43/h1-32H. The number of hydrogen-bond donors (Lipinski definition) is 0. The summed E-state index contributed by atoms with van der Waals surface area (Å²) in [5.74, 6) is 1.61. The van der Waals surface area contributed by atoms with Crippen LogP contribution in [0, 0.1) is 0 Å². The predicted molar refractivity (Wildman–Crippen MR) is 228 cm³/mol. The first-order valence-electron chi connectivity index (χ1n) is 18.7. The zero-order valence-corrected chi connectivity index (χ0v) is 30.2. The van der Waals surface area contributed by atoms with Crippen LogP contribution in [0.15, 0.2) is 194 Å². The Morgan fingerprint density at radius 2 is 0.750 bits per heavy atom. The van der Waals surface area contributed by atoms with E-state index in [9.17, 15) is 0 Å². The molecule has 11 aromatic rings. The van der Waals surface area contributed by atoms with Crippen LogP contribution in [-0.2, 0) is 0 Å². The van der Waals surface area contributed by atoms with E-state index < -0.39 is 0 Å². The first-order valence-corrected chi connectivity index (χ1v) is 18.7. The second-order valence-electron chi connectivity index (χ2n) is 13.9. The summed E-state index contributed by atoms with van der Waals surface area (Å²) in [6.45, 7) is 0. The molecule has 6 heteroatoms. The molecule has 0 amide bonds. The van der Waals surface area contributed by atoms with Crippen molar-refractivity contribution in [1.82, 2.24) is 29.1 Å². The number of pyridine rings is 2. The molecule has 0 aliphatic heterocycles. The Hall–Kier alpha value is -7.70. The molecule has 56 heavy (non-hydrogen) atoms. The van der Waals surface area contributed by atoms with Crippen molar-refractivity contribution in [3.8, 4) is 56.7 Å². The molecule has 11 rings (SSSR count). The Morgan fingerprint density at radius 3 is 1.18 bits per heavy atom. The van der Waals surface area contributed by atoms with E-state index in [-0.39, 0.29) is 0 Å². The van der Waals surface area contributed by atoms with Gasteiger partial charge in [0.2, 0.25) is 0 Å². The van der Waals surface area contributed by atoms with E-state index in [2.05, 4.69) is 143 Å². The lowest BCUT2D eigenvalue weighted by Gasteiger charge is -2.20. The third-order valence-electron chi connectivity index (χ3n) is 10.6. The maximum absolute atomic E-state index is 5.11. The Labute approximate surface area is 322 Å². The maximum Gasteiger partial charge on any atom is 0.164 e. The topological polar surface area (TPSA) is 61.4 Å². The van der Waals surface area contributed by atoms with Crippen LogP contribution in [0.1, 0.15) is 0 Å². The Kier molecular flexibility index (Phi) is 7.38. The molecule has 4 heterocycles. The van der Waals surface area contributed by atoms with Crippen LogP contribution in [0.2, 0.25) is 0 Å². The minimum absolute atomic E-state index is 0.803. The molecule has 0 atom stereocenters. The van der Waals surface area contributed by atoms with E-state index in [1.807, 2.05) is 60.9 Å². The largest absolute Gasteiger partial charge is 0.291 e. The van der Waals surface area contributed by atoms with Gasteiger partial charge in [0, 0.05) is 23.8 Å². The average molecular weight is 717 g/mol. The molecular formula is C50H32N6. The van der Waals surface area contributed by atoms with Gasteiger partial charge < -0.3 is 0 Å². The van der Waals surface area contributed by atoms with Crippen LogP contribution < -0.4 is 0 Å². The molecule has 0 fully saturated rings. The zero-order valence-electron chi connectivity index (χ0n) is 30.2. The summed E-state index contributed by atoms with van der Waals surface area (Å²) in [6.07, 6.45) is 3.65. The van der Waals surface area contributed by atoms with Gasteiger partial charge in [-0.1, -0.05) is 109 Å². The Morgan fingerprint density at radius 1 is 0.339 bits per heavy atom. The second kappa shape index (κ2) is 13.0. The van der Waals surface area contributed by atoms with E-state index in [4.69, 9.17) is 19.9 Å². The molecule has 4 aromatic heterocycles. The van der Waals surface area contributed by atoms with Crippen molar-refractivity contribution < 1.29 is 0 Å². The number of fused-ring (bicyclic) bond motifs is 4. The number of aromatic nitrogens is 6. The minimum atomic E-state index is 0.803. The van der Waals surface area contributed by atoms with Crippen LogP contribution in [-0.4, -0.2) is 29.1 Å². The molecule has 0 saturated carbocycles. The van der Waals surface area contributed by atoms with Crippen LogP contribution in [0.3, 0.4) is 0 Å². The molecule has 7 aromatic carbocycles. The lowest BCUT2D eigenvalue weighted by Crippen LogP contribution is -2.01. The number of rotatable bonds is 6. The third-order valence-corrected chi connectivity index (χ3v) is 10.6. The highest BCUT2D eigenvalue weighted by Crippen LogP contribution is 2.46. The van der Waals surface area contributed by atoms with E-state index in [0.717, 1.165) is 89.2 Å². The molecule has 0 spiro atoms. The van der Waals surface area contributed by atoms with E-state index in [1.54, 1.807) is 0 Å². The third kappa shape index (κ3) is 5.11. The van der Waals surface area contributed by atoms with E-state index in [1.165, 1.54) is 11.1 Å². The van der Waals surface area contributed by atoms with Gasteiger partial charge >= 0.3 is 0 Å². The van der Waals surface area contributed by atoms with Gasteiger partial charge in [-0.05, 0) is 117 Å². The van der Waals surface area contributed by atoms with Crippen molar-refractivity contribution in [2.24, 2.45) is 0 Å². The van der Waals surface area contributed by atoms with Gasteiger partial charge in [-0.2, -0.15) is 0 Å². The van der Waals surface area contributed by atoms with Gasteiger partial charge in [-0.3, -0.25) is 19.1 Å². The fourth-order valence-corrected chi connectivity index (χ4v) is 8.22. The summed E-state index contributed by atoms with van der Waals surface area (Å²) in [6, 6.07) is 63.7. The quantitative estimate of drug-likeness (QED) is 0.161. The highest BCUT2D eigenvalue weighted by atomic mass is 15.1. The molecule has 0 aliphatic carbocycles. The number of nitrogens with zero attached hydrogens (tertiary/aromatic N) is 6. The minimum Gasteiger partial charge on any atom is -0.291 e. The molecule has 0 N–H and O–H groups in total. The van der Waals surface area contributed by atoms with Crippen LogP contribution in [0.4, 0.5) is 0 Å². The molecule has 0 saturated heterocycles. The molecule has 262 valence electrons. The van der Waals surface area contributed by atoms with Crippen LogP contribution >= 0.6 is 0 Å². The van der Waals surface area contributed by atoms with Crippen molar-refractivity contribution in [3.63, 3.8) is 0 Å². The number of benzene rings is 7. The van der Waals surface area contributed by atoms with Gasteiger partial charge in [-0.25, -0.2) is 9.97 Å². The number of hydrogen-bond acceptors (Lipinski definition) is 4. The van der Waals surface area contributed by atoms with Gasteiger partial charge in [0.05, 0.1) is 22.1 Å². The fourth-order valence-electron chi connectivity index (χ4n) is 8.22. The van der Waals surface area contributed by atoms with Crippen molar-refractivity contribution in [2.45, 2.75) is 0 Å². The van der Waals surface area contributed by atoms with Gasteiger partial charge in [0.1, 0.15) is 11.4 Å². The van der Waals surface area contributed by atoms with Gasteiger partial charge in [0.25, 0.3) is 0 Å². The Balaban J connectivity index is 1.25.